The molecule has 3 rings (SSSR count). The molecule has 0 atom stereocenters. The van der Waals surface area contributed by atoms with E-state index in [4.69, 9.17) is 19.3 Å². The number of ether oxygens (including phenoxy) is 1. The molecule has 0 bridgehead atoms. The monoisotopic (exact) mass is 332 g/mol. The zero-order valence-corrected chi connectivity index (χ0v) is 12.7. The fraction of sp³-hybridized carbons (Fsp3) is 0.133. The first-order valence-electron chi connectivity index (χ1n) is 6.64. The topological polar surface area (TPSA) is 109 Å². The van der Waals surface area contributed by atoms with E-state index in [1.165, 1.54) is 29.9 Å². The minimum atomic E-state index is -0.621. The maximum Gasteiger partial charge on any atom is 0.342 e. The minimum absolute atomic E-state index is 0.0710. The molecule has 7 nitrogen and oxygen atoms in total. The quantitative estimate of drug-likeness (QED) is 0.694. The second kappa shape index (κ2) is 6.49. The number of hydrogen-bond donors (Lipinski definition) is 1. The third kappa shape index (κ3) is 3.49. The number of carbonyl (C=O) groups excluding carboxylic acids is 2. The Morgan fingerprint density at radius 2 is 2.22 bits per heavy atom. The molecule has 23 heavy (non-hydrogen) atoms. The highest BCUT2D eigenvalue weighted by Gasteiger charge is 2.18. The third-order valence-corrected chi connectivity index (χ3v) is 3.79. The van der Waals surface area contributed by atoms with Crippen LogP contribution in [0.2, 0.25) is 0 Å². The standard InChI is InChI=1S/C15H12N2O5S/c16-13(18)6-11-10(3-4-20-11)15(19)21-8-9-7-17-14(22-9)12-2-1-5-23-12/h1-5,7H,6,8H2,(H2,16,18). The van der Waals surface area contributed by atoms with Crippen molar-refractivity contribution in [2.75, 3.05) is 0 Å². The molecule has 0 spiro atoms. The number of aromatic nitrogens is 1. The number of rotatable bonds is 6. The van der Waals surface area contributed by atoms with Crippen LogP contribution in [0.5, 0.6) is 0 Å². The molecule has 0 saturated carbocycles. The van der Waals surface area contributed by atoms with Gasteiger partial charge in [-0.3, -0.25) is 4.79 Å². The lowest BCUT2D eigenvalue weighted by Crippen LogP contribution is -2.15. The Balaban J connectivity index is 1.63. The van der Waals surface area contributed by atoms with Gasteiger partial charge in [0.05, 0.1) is 23.8 Å². The Kier molecular flexibility index (Phi) is 4.24. The smallest absolute Gasteiger partial charge is 0.342 e. The van der Waals surface area contributed by atoms with Gasteiger partial charge in [0.1, 0.15) is 11.3 Å². The molecular weight excluding hydrogens is 320 g/mol. The second-order valence-corrected chi connectivity index (χ2v) is 5.53. The summed E-state index contributed by atoms with van der Waals surface area (Å²) in [5.41, 5.74) is 5.26. The zero-order chi connectivity index (χ0) is 16.2. The fourth-order valence-corrected chi connectivity index (χ4v) is 2.58. The lowest BCUT2D eigenvalue weighted by atomic mass is 10.2. The molecule has 2 N–H and O–H groups in total. The number of primary amides is 1. The predicted molar refractivity (Wildman–Crippen MR) is 80.5 cm³/mol. The number of furan rings is 1. The van der Waals surface area contributed by atoms with Crippen molar-refractivity contribution in [1.29, 1.82) is 0 Å². The van der Waals surface area contributed by atoms with Gasteiger partial charge in [-0.1, -0.05) is 6.07 Å². The molecule has 8 heteroatoms. The zero-order valence-electron chi connectivity index (χ0n) is 11.9. The molecule has 0 unspecified atom stereocenters. The highest BCUT2D eigenvalue weighted by Crippen LogP contribution is 2.24. The van der Waals surface area contributed by atoms with Gasteiger partial charge in [-0.15, -0.1) is 11.3 Å². The van der Waals surface area contributed by atoms with E-state index in [1.807, 2.05) is 17.5 Å². The molecular formula is C15H12N2O5S. The summed E-state index contributed by atoms with van der Waals surface area (Å²) < 4.78 is 15.7. The van der Waals surface area contributed by atoms with Crippen LogP contribution in [0.4, 0.5) is 0 Å². The average molecular weight is 332 g/mol. The van der Waals surface area contributed by atoms with Gasteiger partial charge in [0.2, 0.25) is 11.8 Å². The lowest BCUT2D eigenvalue weighted by Gasteiger charge is -2.02. The highest BCUT2D eigenvalue weighted by molar-refractivity contribution is 7.13. The summed E-state index contributed by atoms with van der Waals surface area (Å²) in [6.45, 7) is -0.0710. The molecule has 0 fully saturated rings. The first-order chi connectivity index (χ1) is 11.1. The van der Waals surface area contributed by atoms with E-state index >= 15 is 0 Å². The second-order valence-electron chi connectivity index (χ2n) is 4.59. The van der Waals surface area contributed by atoms with Gasteiger partial charge in [-0.05, 0) is 17.5 Å². The van der Waals surface area contributed by atoms with Crippen LogP contribution in [0, 0.1) is 0 Å². The van der Waals surface area contributed by atoms with E-state index in [-0.39, 0.29) is 24.4 Å². The molecule has 0 radical (unpaired) electrons. The van der Waals surface area contributed by atoms with Crippen molar-refractivity contribution >= 4 is 23.2 Å². The first-order valence-corrected chi connectivity index (χ1v) is 7.52. The van der Waals surface area contributed by atoms with E-state index in [9.17, 15) is 9.59 Å². The van der Waals surface area contributed by atoms with E-state index < -0.39 is 11.9 Å². The molecule has 3 heterocycles. The Morgan fingerprint density at radius 1 is 1.35 bits per heavy atom. The van der Waals surface area contributed by atoms with Crippen LogP contribution in [-0.2, 0) is 22.6 Å². The van der Waals surface area contributed by atoms with Gasteiger partial charge in [0.25, 0.3) is 0 Å². The van der Waals surface area contributed by atoms with Crippen LogP contribution >= 0.6 is 11.3 Å². The first kappa shape index (κ1) is 15.0. The van der Waals surface area contributed by atoms with E-state index in [0.29, 0.717) is 11.7 Å². The molecule has 0 saturated heterocycles. The van der Waals surface area contributed by atoms with Gasteiger partial charge in [0, 0.05) is 0 Å². The van der Waals surface area contributed by atoms with Gasteiger partial charge in [-0.25, -0.2) is 9.78 Å². The molecule has 0 aromatic carbocycles. The predicted octanol–water partition coefficient (Wildman–Crippen LogP) is 2.38. The minimum Gasteiger partial charge on any atom is -0.468 e. The van der Waals surface area contributed by atoms with Crippen molar-refractivity contribution in [2.24, 2.45) is 5.73 Å². The van der Waals surface area contributed by atoms with Crippen LogP contribution in [0.15, 0.2) is 44.9 Å². The Labute approximate surface area is 134 Å². The van der Waals surface area contributed by atoms with Crippen LogP contribution in [0.25, 0.3) is 10.8 Å². The molecule has 3 aromatic rings. The summed E-state index contributed by atoms with van der Waals surface area (Å²) in [7, 11) is 0. The van der Waals surface area contributed by atoms with Crippen molar-refractivity contribution in [2.45, 2.75) is 13.0 Å². The maximum atomic E-state index is 12.0. The van der Waals surface area contributed by atoms with Gasteiger partial charge in [0.15, 0.2) is 12.4 Å². The van der Waals surface area contributed by atoms with E-state index in [0.717, 1.165) is 4.88 Å². The number of amides is 1. The maximum absolute atomic E-state index is 12.0. The number of esters is 1. The van der Waals surface area contributed by atoms with E-state index in [1.54, 1.807) is 0 Å². The summed E-state index contributed by atoms with van der Waals surface area (Å²) in [6, 6.07) is 5.20. The largest absolute Gasteiger partial charge is 0.468 e. The van der Waals surface area contributed by atoms with Crippen molar-refractivity contribution in [3.05, 3.63) is 53.1 Å². The van der Waals surface area contributed by atoms with Crippen molar-refractivity contribution in [1.82, 2.24) is 4.98 Å². The Morgan fingerprint density at radius 3 is 2.96 bits per heavy atom. The Hall–Kier alpha value is -2.87. The molecule has 0 aliphatic rings. The number of oxazole rings is 1. The van der Waals surface area contributed by atoms with Crippen molar-refractivity contribution in [3.63, 3.8) is 0 Å². The van der Waals surface area contributed by atoms with Gasteiger partial charge < -0.3 is 19.3 Å². The summed E-state index contributed by atoms with van der Waals surface area (Å²) in [6.07, 6.45) is 2.64. The van der Waals surface area contributed by atoms with Crippen molar-refractivity contribution < 1.29 is 23.2 Å². The van der Waals surface area contributed by atoms with Gasteiger partial charge in [-0.2, -0.15) is 0 Å². The SMILES string of the molecule is NC(=O)Cc1occc1C(=O)OCc1cnc(-c2cccs2)o1. The Bertz CT molecular complexity index is 819. The summed E-state index contributed by atoms with van der Waals surface area (Å²) in [5, 5.41) is 1.92. The van der Waals surface area contributed by atoms with E-state index in [2.05, 4.69) is 4.98 Å². The number of nitrogens with two attached hydrogens (primary N) is 1. The van der Waals surface area contributed by atoms with Crippen LogP contribution in [-0.4, -0.2) is 16.9 Å². The lowest BCUT2D eigenvalue weighted by molar-refractivity contribution is -0.117. The number of nitrogens with zero attached hydrogens (tertiary/aromatic N) is 1. The molecule has 3 aromatic heterocycles. The van der Waals surface area contributed by atoms with Crippen molar-refractivity contribution in [3.8, 4) is 10.8 Å². The highest BCUT2D eigenvalue weighted by atomic mass is 32.1. The third-order valence-electron chi connectivity index (χ3n) is 2.93. The van der Waals surface area contributed by atoms with Crippen LogP contribution in [0.1, 0.15) is 21.9 Å². The molecule has 1 amide bonds. The number of hydrogen-bond acceptors (Lipinski definition) is 7. The average Bonchev–Trinajstić information content (AvgIpc) is 3.24. The summed E-state index contributed by atoms with van der Waals surface area (Å²) in [5.74, 6) is -0.140. The molecule has 0 aliphatic carbocycles. The number of carbonyl (C=O) groups is 2. The van der Waals surface area contributed by atoms with Gasteiger partial charge >= 0.3 is 5.97 Å². The molecule has 118 valence electrons. The van der Waals surface area contributed by atoms with Crippen LogP contribution in [0.3, 0.4) is 0 Å². The normalized spacial score (nSPS) is 10.6. The summed E-state index contributed by atoms with van der Waals surface area (Å²) >= 11 is 1.50. The molecule has 0 aliphatic heterocycles. The summed E-state index contributed by atoms with van der Waals surface area (Å²) in [4.78, 5) is 28.0. The van der Waals surface area contributed by atoms with Crippen LogP contribution < -0.4 is 5.73 Å². The fourth-order valence-electron chi connectivity index (χ4n) is 1.92. The number of thiophene rings is 1.